The van der Waals surface area contributed by atoms with Crippen LogP contribution in [0.15, 0.2) is 69.8 Å². The molecule has 3 amide bonds. The molecular weight excluding hydrogens is 474 g/mol. The van der Waals surface area contributed by atoms with Crippen molar-refractivity contribution in [1.82, 2.24) is 10.2 Å². The van der Waals surface area contributed by atoms with Crippen molar-refractivity contribution in [2.24, 2.45) is 0 Å². The summed E-state index contributed by atoms with van der Waals surface area (Å²) in [6.07, 6.45) is 2.11. The molecule has 0 aliphatic carbocycles. The van der Waals surface area contributed by atoms with E-state index < -0.39 is 5.91 Å². The topological polar surface area (TPSA) is 91.7 Å². The summed E-state index contributed by atoms with van der Waals surface area (Å²) in [5.41, 5.74) is 2.46. The molecule has 0 unspecified atom stereocenters. The Labute approximate surface area is 193 Å². The van der Waals surface area contributed by atoms with Crippen molar-refractivity contribution < 1.29 is 18.8 Å². The third kappa shape index (κ3) is 5.26. The molecular formula is C24H22BrN3O4. The largest absolute Gasteiger partial charge is 0.444 e. The summed E-state index contributed by atoms with van der Waals surface area (Å²) in [6.45, 7) is 1.96. The molecule has 1 aliphatic rings. The highest BCUT2D eigenvalue weighted by atomic mass is 79.9. The van der Waals surface area contributed by atoms with Crippen LogP contribution in [-0.4, -0.2) is 35.7 Å². The van der Waals surface area contributed by atoms with Crippen LogP contribution in [0.3, 0.4) is 0 Å². The number of carbonyl (C=O) groups is 3. The lowest BCUT2D eigenvalue weighted by Gasteiger charge is -2.15. The van der Waals surface area contributed by atoms with E-state index in [-0.39, 0.29) is 17.6 Å². The number of furan rings is 1. The molecule has 3 aromatic rings. The van der Waals surface area contributed by atoms with Gasteiger partial charge >= 0.3 is 0 Å². The standard InChI is InChI=1S/C24H22BrN3O4/c25-21-11-10-20(32-21)23(30)27-19-5-3-4-18(14-19)22(29)26-15-16-6-8-17(9-7-16)24(31)28-12-1-2-13-28/h3-11,14H,1-2,12-13,15H2,(H,26,29)(H,27,30). The second-order valence-electron chi connectivity index (χ2n) is 7.52. The predicted molar refractivity (Wildman–Crippen MR) is 124 cm³/mol. The highest BCUT2D eigenvalue weighted by molar-refractivity contribution is 9.10. The molecule has 2 aromatic carbocycles. The molecule has 8 heteroatoms. The van der Waals surface area contributed by atoms with Gasteiger partial charge in [-0.25, -0.2) is 0 Å². The summed E-state index contributed by atoms with van der Waals surface area (Å²) < 4.78 is 5.70. The molecule has 1 aliphatic heterocycles. The van der Waals surface area contributed by atoms with Crippen LogP contribution in [0, 0.1) is 0 Å². The number of nitrogens with zero attached hydrogens (tertiary/aromatic N) is 1. The van der Waals surface area contributed by atoms with Gasteiger partial charge in [-0.15, -0.1) is 0 Å². The minimum Gasteiger partial charge on any atom is -0.444 e. The summed E-state index contributed by atoms with van der Waals surface area (Å²) >= 11 is 3.16. The van der Waals surface area contributed by atoms with Gasteiger partial charge in [0.05, 0.1) is 0 Å². The lowest BCUT2D eigenvalue weighted by molar-refractivity contribution is 0.0792. The third-order valence-electron chi connectivity index (χ3n) is 5.23. The van der Waals surface area contributed by atoms with E-state index in [1.165, 1.54) is 0 Å². The van der Waals surface area contributed by atoms with Gasteiger partial charge in [-0.1, -0.05) is 18.2 Å². The van der Waals surface area contributed by atoms with E-state index in [0.717, 1.165) is 31.5 Å². The second-order valence-corrected chi connectivity index (χ2v) is 8.30. The van der Waals surface area contributed by atoms with Gasteiger partial charge in [0.25, 0.3) is 17.7 Å². The normalized spacial score (nSPS) is 13.1. The molecule has 0 saturated carbocycles. The van der Waals surface area contributed by atoms with Crippen LogP contribution in [0.25, 0.3) is 0 Å². The summed E-state index contributed by atoms with van der Waals surface area (Å²) in [4.78, 5) is 39.1. The Balaban J connectivity index is 1.33. The SMILES string of the molecule is O=C(NCc1ccc(C(=O)N2CCCC2)cc1)c1cccc(NC(=O)c2ccc(Br)o2)c1. The van der Waals surface area contributed by atoms with E-state index >= 15 is 0 Å². The Morgan fingerprint density at radius 1 is 0.906 bits per heavy atom. The number of likely N-dealkylation sites (tertiary alicyclic amines) is 1. The third-order valence-corrected chi connectivity index (χ3v) is 5.65. The monoisotopic (exact) mass is 495 g/mol. The molecule has 1 aromatic heterocycles. The number of hydrogen-bond donors (Lipinski definition) is 2. The number of amides is 3. The first-order valence-corrected chi connectivity index (χ1v) is 11.1. The summed E-state index contributed by atoms with van der Waals surface area (Å²) in [5.74, 6) is -0.451. The molecule has 2 N–H and O–H groups in total. The lowest BCUT2D eigenvalue weighted by Crippen LogP contribution is -2.27. The molecule has 32 heavy (non-hydrogen) atoms. The first kappa shape index (κ1) is 21.8. The van der Waals surface area contributed by atoms with Gasteiger partial charge in [-0.05, 0) is 76.8 Å². The zero-order valence-electron chi connectivity index (χ0n) is 17.3. The number of rotatable bonds is 6. The maximum atomic E-state index is 12.6. The van der Waals surface area contributed by atoms with Crippen molar-refractivity contribution >= 4 is 39.3 Å². The molecule has 164 valence electrons. The molecule has 1 saturated heterocycles. The Hall–Kier alpha value is -3.39. The van der Waals surface area contributed by atoms with Crippen molar-refractivity contribution in [3.05, 3.63) is 87.8 Å². The van der Waals surface area contributed by atoms with Crippen LogP contribution in [-0.2, 0) is 6.54 Å². The molecule has 4 rings (SSSR count). The van der Waals surface area contributed by atoms with Crippen molar-refractivity contribution in [2.75, 3.05) is 18.4 Å². The molecule has 0 radical (unpaired) electrons. The number of nitrogens with one attached hydrogen (secondary N) is 2. The molecule has 1 fully saturated rings. The van der Waals surface area contributed by atoms with E-state index in [1.54, 1.807) is 48.5 Å². The smallest absolute Gasteiger partial charge is 0.291 e. The second kappa shape index (κ2) is 9.82. The van der Waals surface area contributed by atoms with E-state index in [0.29, 0.717) is 28.0 Å². The average molecular weight is 496 g/mol. The molecule has 0 bridgehead atoms. The summed E-state index contributed by atoms with van der Waals surface area (Å²) in [5, 5.41) is 5.57. The molecule has 0 spiro atoms. The fraction of sp³-hybridized carbons (Fsp3) is 0.208. The van der Waals surface area contributed by atoms with Crippen molar-refractivity contribution in [1.29, 1.82) is 0 Å². The van der Waals surface area contributed by atoms with Gasteiger partial charge in [0.1, 0.15) is 0 Å². The first-order valence-electron chi connectivity index (χ1n) is 10.3. The first-order chi connectivity index (χ1) is 15.5. The number of halogens is 1. The van der Waals surface area contributed by atoms with E-state index in [9.17, 15) is 14.4 Å². The van der Waals surface area contributed by atoms with Crippen molar-refractivity contribution in [2.45, 2.75) is 19.4 Å². The minimum atomic E-state index is -0.406. The van der Waals surface area contributed by atoms with E-state index in [1.807, 2.05) is 17.0 Å². The van der Waals surface area contributed by atoms with Gasteiger partial charge in [0, 0.05) is 36.4 Å². The van der Waals surface area contributed by atoms with Gasteiger partial charge in [-0.3, -0.25) is 14.4 Å². The number of benzene rings is 2. The number of anilines is 1. The quantitative estimate of drug-likeness (QED) is 0.527. The predicted octanol–water partition coefficient (Wildman–Crippen LogP) is 4.46. The fourth-order valence-corrected chi connectivity index (χ4v) is 3.83. The Bertz CT molecular complexity index is 1130. The van der Waals surface area contributed by atoms with Gasteiger partial charge in [-0.2, -0.15) is 0 Å². The fourth-order valence-electron chi connectivity index (χ4n) is 3.52. The average Bonchev–Trinajstić information content (AvgIpc) is 3.50. The van der Waals surface area contributed by atoms with Crippen LogP contribution in [0.1, 0.15) is 49.7 Å². The zero-order valence-corrected chi connectivity index (χ0v) is 18.9. The maximum Gasteiger partial charge on any atom is 0.291 e. The van der Waals surface area contributed by atoms with Crippen LogP contribution in [0.4, 0.5) is 5.69 Å². The van der Waals surface area contributed by atoms with E-state index in [4.69, 9.17) is 4.42 Å². The van der Waals surface area contributed by atoms with Gasteiger partial charge < -0.3 is 20.0 Å². The van der Waals surface area contributed by atoms with E-state index in [2.05, 4.69) is 26.6 Å². The Kier molecular flexibility index (Phi) is 6.70. The molecule has 2 heterocycles. The number of carbonyl (C=O) groups excluding carboxylic acids is 3. The van der Waals surface area contributed by atoms with Crippen molar-refractivity contribution in [3.8, 4) is 0 Å². The lowest BCUT2D eigenvalue weighted by atomic mass is 10.1. The van der Waals surface area contributed by atoms with Crippen LogP contribution < -0.4 is 10.6 Å². The van der Waals surface area contributed by atoms with Gasteiger partial charge in [0.15, 0.2) is 10.4 Å². The Morgan fingerprint density at radius 2 is 1.66 bits per heavy atom. The summed E-state index contributed by atoms with van der Waals surface area (Å²) in [7, 11) is 0. The van der Waals surface area contributed by atoms with Crippen LogP contribution in [0.2, 0.25) is 0 Å². The highest BCUT2D eigenvalue weighted by Crippen LogP contribution is 2.17. The Morgan fingerprint density at radius 3 is 2.34 bits per heavy atom. The minimum absolute atomic E-state index is 0.0545. The van der Waals surface area contributed by atoms with Crippen molar-refractivity contribution in [3.63, 3.8) is 0 Å². The van der Waals surface area contributed by atoms with Crippen LogP contribution in [0.5, 0.6) is 0 Å². The van der Waals surface area contributed by atoms with Gasteiger partial charge in [0.2, 0.25) is 0 Å². The van der Waals surface area contributed by atoms with Crippen LogP contribution >= 0.6 is 15.9 Å². The molecule has 0 atom stereocenters. The highest BCUT2D eigenvalue weighted by Gasteiger charge is 2.19. The maximum absolute atomic E-state index is 12.6. The number of hydrogen-bond acceptors (Lipinski definition) is 4. The molecule has 7 nitrogen and oxygen atoms in total. The summed E-state index contributed by atoms with van der Waals surface area (Å²) in [6, 6.07) is 17.1. The zero-order chi connectivity index (χ0) is 22.5.